The number of hydrogen-bond donors (Lipinski definition) is 0. The number of fused-ring (bicyclic) bond motifs is 1. The van der Waals surface area contributed by atoms with Crippen molar-refractivity contribution in [3.63, 3.8) is 0 Å². The number of nitrogens with zero attached hydrogens (tertiary/aromatic N) is 2. The molecular formula is C7H4ClN2. The van der Waals surface area contributed by atoms with Crippen molar-refractivity contribution >= 4 is 29.3 Å². The van der Waals surface area contributed by atoms with Crippen molar-refractivity contribution in [1.82, 2.24) is 5.32 Å². The lowest BCUT2D eigenvalue weighted by Gasteiger charge is -1.93. The predicted octanol–water partition coefficient (Wildman–Crippen LogP) is 2.25. The Morgan fingerprint density at radius 1 is 1.20 bits per heavy atom. The van der Waals surface area contributed by atoms with E-state index < -0.39 is 0 Å². The van der Waals surface area contributed by atoms with Crippen molar-refractivity contribution in [3.05, 3.63) is 23.2 Å². The number of aliphatic imine (C=N–C) groups is 1. The molecule has 0 saturated heterocycles. The first-order chi connectivity index (χ1) is 4.86. The Bertz CT molecular complexity index is 294. The molecule has 1 radical (unpaired) electrons. The zero-order chi connectivity index (χ0) is 6.97. The average Bonchev–Trinajstić information content (AvgIpc) is 2.33. The van der Waals surface area contributed by atoms with Crippen LogP contribution < -0.4 is 5.32 Å². The van der Waals surface area contributed by atoms with E-state index in [-0.39, 0.29) is 0 Å². The van der Waals surface area contributed by atoms with Gasteiger partial charge in [0.1, 0.15) is 6.34 Å². The Labute approximate surface area is 63.5 Å². The monoisotopic (exact) mass is 151 g/mol. The van der Waals surface area contributed by atoms with Crippen LogP contribution in [0.1, 0.15) is 0 Å². The molecule has 3 heteroatoms. The third-order valence-electron chi connectivity index (χ3n) is 1.33. The molecule has 0 bridgehead atoms. The number of rotatable bonds is 0. The normalized spacial score (nSPS) is 12.9. The molecule has 0 amide bonds. The lowest BCUT2D eigenvalue weighted by atomic mass is 10.3. The number of hydrogen-bond acceptors (Lipinski definition) is 1. The maximum absolute atomic E-state index is 5.71. The summed E-state index contributed by atoms with van der Waals surface area (Å²) in [5.74, 6) is 0. The molecule has 2 rings (SSSR count). The minimum absolute atomic E-state index is 0.702. The average molecular weight is 152 g/mol. The van der Waals surface area contributed by atoms with Crippen molar-refractivity contribution in [1.29, 1.82) is 0 Å². The standard InChI is InChI=1S/C7H4ClN2/c8-5-1-2-6-7(3-5)10-4-9-6/h1-4H. The van der Waals surface area contributed by atoms with E-state index in [2.05, 4.69) is 10.3 Å². The van der Waals surface area contributed by atoms with Crippen molar-refractivity contribution in [3.8, 4) is 0 Å². The molecule has 49 valence electrons. The highest BCUT2D eigenvalue weighted by Crippen LogP contribution is 2.30. The molecule has 0 N–H and O–H groups in total. The van der Waals surface area contributed by atoms with Gasteiger partial charge in [0.15, 0.2) is 0 Å². The SMILES string of the molecule is Clc1ccc2c(c1)[N]C=N2. The van der Waals surface area contributed by atoms with Gasteiger partial charge in [0, 0.05) is 5.02 Å². The third-order valence-corrected chi connectivity index (χ3v) is 1.57. The Morgan fingerprint density at radius 2 is 2.10 bits per heavy atom. The maximum Gasteiger partial charge on any atom is 0.116 e. The van der Waals surface area contributed by atoms with Gasteiger partial charge in [0.25, 0.3) is 0 Å². The molecule has 0 fully saturated rings. The molecule has 1 aliphatic rings. The van der Waals surface area contributed by atoms with E-state index in [1.54, 1.807) is 12.1 Å². The molecule has 10 heavy (non-hydrogen) atoms. The fourth-order valence-corrected chi connectivity index (χ4v) is 1.03. The molecule has 0 saturated carbocycles. The first-order valence-electron chi connectivity index (χ1n) is 2.89. The minimum atomic E-state index is 0.702. The van der Waals surface area contributed by atoms with Gasteiger partial charge in [0.05, 0.1) is 11.4 Å². The van der Waals surface area contributed by atoms with Gasteiger partial charge in [-0.05, 0) is 18.2 Å². The predicted molar refractivity (Wildman–Crippen MR) is 41.4 cm³/mol. The zero-order valence-corrected chi connectivity index (χ0v) is 5.84. The van der Waals surface area contributed by atoms with Crippen LogP contribution in [-0.2, 0) is 0 Å². The molecule has 2 nitrogen and oxygen atoms in total. The largest absolute Gasteiger partial charge is 0.235 e. The molecule has 0 aromatic heterocycles. The summed E-state index contributed by atoms with van der Waals surface area (Å²) in [6.45, 7) is 0. The highest BCUT2D eigenvalue weighted by molar-refractivity contribution is 6.31. The molecular weight excluding hydrogens is 148 g/mol. The van der Waals surface area contributed by atoms with Gasteiger partial charge in [-0.3, -0.25) is 0 Å². The van der Waals surface area contributed by atoms with E-state index in [1.807, 2.05) is 6.07 Å². The highest BCUT2D eigenvalue weighted by Gasteiger charge is 2.05. The van der Waals surface area contributed by atoms with Crippen LogP contribution in [0, 0.1) is 0 Å². The maximum atomic E-state index is 5.71. The summed E-state index contributed by atoms with van der Waals surface area (Å²) in [5.41, 5.74) is 1.75. The van der Waals surface area contributed by atoms with Crippen LogP contribution >= 0.6 is 11.6 Å². The summed E-state index contributed by atoms with van der Waals surface area (Å²) in [6, 6.07) is 5.45. The van der Waals surface area contributed by atoms with Crippen LogP contribution in [0.15, 0.2) is 23.2 Å². The van der Waals surface area contributed by atoms with E-state index in [0.717, 1.165) is 11.4 Å². The fraction of sp³-hybridized carbons (Fsp3) is 0. The van der Waals surface area contributed by atoms with Crippen LogP contribution in [0.2, 0.25) is 5.02 Å². The van der Waals surface area contributed by atoms with Gasteiger partial charge in [-0.25, -0.2) is 10.3 Å². The summed E-state index contributed by atoms with van der Waals surface area (Å²) >= 11 is 5.71. The van der Waals surface area contributed by atoms with Crippen LogP contribution in [-0.4, -0.2) is 6.34 Å². The first-order valence-corrected chi connectivity index (χ1v) is 3.27. The van der Waals surface area contributed by atoms with Gasteiger partial charge < -0.3 is 0 Å². The molecule has 1 aliphatic heterocycles. The zero-order valence-electron chi connectivity index (χ0n) is 5.08. The Hall–Kier alpha value is -1.02. The fourth-order valence-electron chi connectivity index (χ4n) is 0.862. The van der Waals surface area contributed by atoms with Crippen LogP contribution in [0.4, 0.5) is 11.4 Å². The van der Waals surface area contributed by atoms with E-state index >= 15 is 0 Å². The molecule has 1 aromatic carbocycles. The second-order valence-corrected chi connectivity index (χ2v) is 2.44. The lowest BCUT2D eigenvalue weighted by Crippen LogP contribution is -1.83. The molecule has 0 spiro atoms. The van der Waals surface area contributed by atoms with Crippen molar-refractivity contribution in [2.24, 2.45) is 4.99 Å². The summed E-state index contributed by atoms with van der Waals surface area (Å²) in [4.78, 5) is 3.99. The van der Waals surface area contributed by atoms with E-state index in [4.69, 9.17) is 11.6 Å². The van der Waals surface area contributed by atoms with Gasteiger partial charge in [-0.15, -0.1) is 0 Å². The number of halogens is 1. The summed E-state index contributed by atoms with van der Waals surface area (Å²) in [5, 5.41) is 4.69. The second-order valence-electron chi connectivity index (χ2n) is 2.01. The Morgan fingerprint density at radius 3 is 3.00 bits per heavy atom. The van der Waals surface area contributed by atoms with Gasteiger partial charge in [-0.2, -0.15) is 0 Å². The molecule has 0 aliphatic carbocycles. The lowest BCUT2D eigenvalue weighted by molar-refractivity contribution is 1.35. The summed E-state index contributed by atoms with van der Waals surface area (Å²) in [6.07, 6.45) is 1.53. The third kappa shape index (κ3) is 0.772. The summed E-state index contributed by atoms with van der Waals surface area (Å²) in [7, 11) is 0. The second kappa shape index (κ2) is 1.99. The van der Waals surface area contributed by atoms with E-state index in [9.17, 15) is 0 Å². The molecule has 0 unspecified atom stereocenters. The van der Waals surface area contributed by atoms with Crippen molar-refractivity contribution in [2.75, 3.05) is 0 Å². The van der Waals surface area contributed by atoms with Crippen LogP contribution in [0.3, 0.4) is 0 Å². The summed E-state index contributed by atoms with van der Waals surface area (Å²) < 4.78 is 0. The van der Waals surface area contributed by atoms with Gasteiger partial charge in [0.2, 0.25) is 0 Å². The minimum Gasteiger partial charge on any atom is -0.235 e. The highest BCUT2D eigenvalue weighted by atomic mass is 35.5. The van der Waals surface area contributed by atoms with Crippen LogP contribution in [0.25, 0.3) is 0 Å². The molecule has 1 heterocycles. The van der Waals surface area contributed by atoms with Crippen molar-refractivity contribution in [2.45, 2.75) is 0 Å². The van der Waals surface area contributed by atoms with Crippen molar-refractivity contribution < 1.29 is 0 Å². The number of benzene rings is 1. The molecule has 1 aromatic rings. The van der Waals surface area contributed by atoms with E-state index in [0.29, 0.717) is 5.02 Å². The smallest absolute Gasteiger partial charge is 0.116 e. The van der Waals surface area contributed by atoms with Gasteiger partial charge >= 0.3 is 0 Å². The van der Waals surface area contributed by atoms with Crippen LogP contribution in [0.5, 0.6) is 0 Å². The van der Waals surface area contributed by atoms with E-state index in [1.165, 1.54) is 6.34 Å². The molecule has 0 atom stereocenters. The quantitative estimate of drug-likeness (QED) is 0.544. The van der Waals surface area contributed by atoms with Gasteiger partial charge in [-0.1, -0.05) is 11.6 Å². The Balaban J connectivity index is 2.59. The first kappa shape index (κ1) is 5.74. The topological polar surface area (TPSA) is 26.5 Å². The Kier molecular flexibility index (Phi) is 1.14.